The molecule has 180 valence electrons. The van der Waals surface area contributed by atoms with Crippen molar-refractivity contribution in [3.8, 4) is 5.75 Å². The summed E-state index contributed by atoms with van der Waals surface area (Å²) in [4.78, 5) is 12.9. The van der Waals surface area contributed by atoms with Crippen LogP contribution in [0.2, 0.25) is 5.02 Å². The Morgan fingerprint density at radius 1 is 1.00 bits per heavy atom. The molecule has 0 bridgehead atoms. The highest BCUT2D eigenvalue weighted by atomic mass is 35.5. The molecule has 0 aromatic heterocycles. The second-order valence-electron chi connectivity index (χ2n) is 7.70. The van der Waals surface area contributed by atoms with E-state index in [0.29, 0.717) is 35.8 Å². The van der Waals surface area contributed by atoms with E-state index in [1.807, 2.05) is 31.2 Å². The molecule has 3 rings (SSSR count). The zero-order chi connectivity index (χ0) is 24.6. The molecule has 0 heterocycles. The zero-order valence-corrected chi connectivity index (χ0v) is 20.9. The largest absolute Gasteiger partial charge is 0.494 e. The van der Waals surface area contributed by atoms with Gasteiger partial charge < -0.3 is 10.1 Å². The molecule has 3 aromatic carbocycles. The van der Waals surface area contributed by atoms with Crippen molar-refractivity contribution < 1.29 is 17.9 Å². The number of aryl methyl sites for hydroxylation is 1. The number of sulfonamides is 1. The van der Waals surface area contributed by atoms with Crippen LogP contribution >= 0.6 is 11.6 Å². The number of benzene rings is 3. The smallest absolute Gasteiger partial charge is 0.264 e. The third kappa shape index (κ3) is 6.30. The Bertz CT molecular complexity index is 1220. The summed E-state index contributed by atoms with van der Waals surface area (Å²) in [7, 11) is -3.98. The Kier molecular flexibility index (Phi) is 8.96. The maximum Gasteiger partial charge on any atom is 0.264 e. The monoisotopic (exact) mass is 500 g/mol. The fourth-order valence-electron chi connectivity index (χ4n) is 3.59. The highest BCUT2D eigenvalue weighted by Gasteiger charge is 2.28. The fourth-order valence-corrected chi connectivity index (χ4v) is 5.25. The molecule has 0 saturated carbocycles. The predicted molar refractivity (Wildman–Crippen MR) is 136 cm³/mol. The minimum absolute atomic E-state index is 0.106. The van der Waals surface area contributed by atoms with E-state index in [-0.39, 0.29) is 11.4 Å². The van der Waals surface area contributed by atoms with Gasteiger partial charge in [0.25, 0.3) is 10.0 Å². The summed E-state index contributed by atoms with van der Waals surface area (Å²) in [5, 5.41) is 3.27. The Morgan fingerprint density at radius 2 is 1.71 bits per heavy atom. The maximum absolute atomic E-state index is 13.4. The summed E-state index contributed by atoms with van der Waals surface area (Å²) < 4.78 is 33.6. The molecule has 0 atom stereocenters. The first-order valence-electron chi connectivity index (χ1n) is 11.1. The van der Waals surface area contributed by atoms with Crippen LogP contribution < -0.4 is 14.4 Å². The molecular formula is C26H29ClN2O4S. The number of hydrogen-bond donors (Lipinski definition) is 1. The highest BCUT2D eigenvalue weighted by Crippen LogP contribution is 2.30. The number of rotatable bonds is 11. The highest BCUT2D eigenvalue weighted by molar-refractivity contribution is 7.92. The summed E-state index contributed by atoms with van der Waals surface area (Å²) in [5.74, 6) is 0.449. The van der Waals surface area contributed by atoms with Crippen LogP contribution in [0.5, 0.6) is 5.75 Å². The SMILES string of the molecule is CCOc1ccccc1CCCNC(=O)CN(c1cccc(Cl)c1C)S(=O)(=O)c1ccccc1. The molecule has 1 amide bonds. The average molecular weight is 501 g/mol. The molecule has 3 aromatic rings. The van der Waals surface area contributed by atoms with Crippen LogP contribution in [0.3, 0.4) is 0 Å². The summed E-state index contributed by atoms with van der Waals surface area (Å²) >= 11 is 6.25. The lowest BCUT2D eigenvalue weighted by Gasteiger charge is -2.26. The first-order chi connectivity index (χ1) is 16.3. The quantitative estimate of drug-likeness (QED) is 0.376. The van der Waals surface area contributed by atoms with E-state index in [4.69, 9.17) is 16.3 Å². The molecule has 0 unspecified atom stereocenters. The number of carbonyl (C=O) groups excluding carboxylic acids is 1. The molecule has 0 aliphatic rings. The maximum atomic E-state index is 13.4. The Morgan fingerprint density at radius 3 is 2.44 bits per heavy atom. The summed E-state index contributed by atoms with van der Waals surface area (Å²) in [5.41, 5.74) is 2.03. The Labute approximate surface area is 206 Å². The number of hydrogen-bond acceptors (Lipinski definition) is 4. The molecule has 1 N–H and O–H groups in total. The van der Waals surface area contributed by atoms with Crippen LogP contribution in [-0.4, -0.2) is 34.0 Å². The normalized spacial score (nSPS) is 11.1. The molecule has 0 aliphatic carbocycles. The van der Waals surface area contributed by atoms with Crippen LogP contribution in [-0.2, 0) is 21.2 Å². The van der Waals surface area contributed by atoms with Crippen molar-refractivity contribution in [2.45, 2.75) is 31.6 Å². The first-order valence-corrected chi connectivity index (χ1v) is 13.0. The molecule has 0 saturated heterocycles. The Balaban J connectivity index is 1.72. The minimum atomic E-state index is -3.98. The van der Waals surface area contributed by atoms with Crippen molar-refractivity contribution >= 4 is 33.2 Å². The molecule has 0 spiro atoms. The van der Waals surface area contributed by atoms with Gasteiger partial charge in [0.05, 0.1) is 17.2 Å². The van der Waals surface area contributed by atoms with E-state index >= 15 is 0 Å². The van der Waals surface area contributed by atoms with Gasteiger partial charge in [-0.2, -0.15) is 0 Å². The number of amides is 1. The standard InChI is InChI=1S/C26H29ClN2O4S/c1-3-33-25-17-8-7-11-21(25)12-10-18-28-26(30)19-29(24-16-9-15-23(27)20(24)2)34(31,32)22-13-5-4-6-14-22/h4-9,11,13-17H,3,10,12,18-19H2,1-2H3,(H,28,30). The van der Waals surface area contributed by atoms with E-state index in [9.17, 15) is 13.2 Å². The van der Waals surface area contributed by atoms with Gasteiger partial charge in [0.2, 0.25) is 5.91 Å². The van der Waals surface area contributed by atoms with E-state index in [2.05, 4.69) is 5.32 Å². The minimum Gasteiger partial charge on any atom is -0.494 e. The van der Waals surface area contributed by atoms with Gasteiger partial charge in [-0.05, 0) is 68.1 Å². The van der Waals surface area contributed by atoms with Gasteiger partial charge in [0.15, 0.2) is 0 Å². The summed E-state index contributed by atoms with van der Waals surface area (Å²) in [6.07, 6.45) is 1.42. The van der Waals surface area contributed by atoms with Gasteiger partial charge in [-0.25, -0.2) is 8.42 Å². The second-order valence-corrected chi connectivity index (χ2v) is 9.97. The van der Waals surface area contributed by atoms with Gasteiger partial charge in [-0.15, -0.1) is 0 Å². The van der Waals surface area contributed by atoms with E-state index < -0.39 is 15.9 Å². The molecule has 6 nitrogen and oxygen atoms in total. The number of nitrogens with zero attached hydrogens (tertiary/aromatic N) is 1. The van der Waals surface area contributed by atoms with Gasteiger partial charge in [-0.3, -0.25) is 9.10 Å². The topological polar surface area (TPSA) is 75.7 Å². The van der Waals surface area contributed by atoms with Crippen molar-refractivity contribution in [2.75, 3.05) is 24.0 Å². The molecule has 0 fully saturated rings. The van der Waals surface area contributed by atoms with Crippen molar-refractivity contribution in [1.82, 2.24) is 5.32 Å². The van der Waals surface area contributed by atoms with E-state index in [1.54, 1.807) is 43.3 Å². The van der Waals surface area contributed by atoms with Crippen LogP contribution in [0.25, 0.3) is 0 Å². The van der Waals surface area contributed by atoms with Crippen molar-refractivity contribution in [3.05, 3.63) is 88.9 Å². The summed E-state index contributed by atoms with van der Waals surface area (Å²) in [6.45, 7) is 4.32. The lowest BCUT2D eigenvalue weighted by Crippen LogP contribution is -2.41. The average Bonchev–Trinajstić information content (AvgIpc) is 2.84. The Hall–Kier alpha value is -3.03. The van der Waals surface area contributed by atoms with Gasteiger partial charge in [-0.1, -0.05) is 54.1 Å². The third-order valence-corrected chi connectivity index (χ3v) is 7.53. The number of carbonyl (C=O) groups is 1. The van der Waals surface area contributed by atoms with Crippen LogP contribution in [0.1, 0.15) is 24.5 Å². The van der Waals surface area contributed by atoms with Gasteiger partial charge in [0, 0.05) is 11.6 Å². The number of anilines is 1. The molecular weight excluding hydrogens is 472 g/mol. The van der Waals surface area contributed by atoms with Crippen LogP contribution in [0.4, 0.5) is 5.69 Å². The van der Waals surface area contributed by atoms with Crippen molar-refractivity contribution in [3.63, 3.8) is 0 Å². The second kappa shape index (κ2) is 11.9. The predicted octanol–water partition coefficient (Wildman–Crippen LogP) is 4.99. The van der Waals surface area contributed by atoms with Crippen LogP contribution in [0.15, 0.2) is 77.7 Å². The fraction of sp³-hybridized carbons (Fsp3) is 0.269. The zero-order valence-electron chi connectivity index (χ0n) is 19.3. The van der Waals surface area contributed by atoms with Crippen molar-refractivity contribution in [2.24, 2.45) is 0 Å². The first kappa shape index (κ1) is 25.6. The van der Waals surface area contributed by atoms with Gasteiger partial charge in [0.1, 0.15) is 12.3 Å². The third-order valence-electron chi connectivity index (χ3n) is 5.34. The van der Waals surface area contributed by atoms with Crippen LogP contribution in [0, 0.1) is 6.92 Å². The van der Waals surface area contributed by atoms with Crippen molar-refractivity contribution in [1.29, 1.82) is 0 Å². The molecule has 8 heteroatoms. The van der Waals surface area contributed by atoms with Gasteiger partial charge >= 0.3 is 0 Å². The number of para-hydroxylation sites is 1. The summed E-state index contributed by atoms with van der Waals surface area (Å²) in [6, 6.07) is 20.9. The number of nitrogens with one attached hydrogen (secondary N) is 1. The number of halogens is 1. The lowest BCUT2D eigenvalue weighted by molar-refractivity contribution is -0.119. The lowest BCUT2D eigenvalue weighted by atomic mass is 10.1. The molecule has 0 radical (unpaired) electrons. The molecule has 0 aliphatic heterocycles. The van der Waals surface area contributed by atoms with E-state index in [0.717, 1.165) is 22.0 Å². The van der Waals surface area contributed by atoms with E-state index in [1.165, 1.54) is 12.1 Å². The number of ether oxygens (including phenoxy) is 1. The molecule has 34 heavy (non-hydrogen) atoms.